The Balaban J connectivity index is 1.79. The number of hydrogen-bond donors (Lipinski definition) is 1. The van der Waals surface area contributed by atoms with E-state index in [1.54, 1.807) is 43.5 Å². The molecule has 8 nitrogen and oxygen atoms in total. The highest BCUT2D eigenvalue weighted by molar-refractivity contribution is 7.92. The molecule has 1 N–H and O–H groups in total. The lowest BCUT2D eigenvalue weighted by Crippen LogP contribution is -2.25. The second-order valence-electron chi connectivity index (χ2n) is 8.79. The van der Waals surface area contributed by atoms with Crippen molar-refractivity contribution in [1.29, 1.82) is 0 Å². The zero-order valence-corrected chi connectivity index (χ0v) is 22.1. The zero-order valence-electron chi connectivity index (χ0n) is 21.3. The zero-order chi connectivity index (χ0) is 26.4. The van der Waals surface area contributed by atoms with Gasteiger partial charge in [-0.05, 0) is 62.9 Å². The van der Waals surface area contributed by atoms with Gasteiger partial charge in [-0.3, -0.25) is 4.90 Å². The average molecular weight is 519 g/mol. The molecule has 1 aromatic heterocycles. The molecule has 37 heavy (non-hydrogen) atoms. The van der Waals surface area contributed by atoms with E-state index in [-0.39, 0.29) is 16.7 Å². The molecule has 0 saturated heterocycles. The Labute approximate surface area is 218 Å². The topological polar surface area (TPSA) is 93.7 Å². The van der Waals surface area contributed by atoms with Crippen molar-refractivity contribution < 1.29 is 17.9 Å². The van der Waals surface area contributed by atoms with Gasteiger partial charge in [0.25, 0.3) is 10.0 Å². The Kier molecular flexibility index (Phi) is 8.05. The van der Waals surface area contributed by atoms with E-state index in [2.05, 4.69) is 40.5 Å². The fraction of sp³-hybridized carbons (Fsp3) is 0.214. The van der Waals surface area contributed by atoms with E-state index in [0.717, 1.165) is 12.1 Å². The second-order valence-corrected chi connectivity index (χ2v) is 10.5. The number of anilines is 1. The van der Waals surface area contributed by atoms with Gasteiger partial charge in [-0.15, -0.1) is 0 Å². The Morgan fingerprint density at radius 2 is 1.59 bits per heavy atom. The summed E-state index contributed by atoms with van der Waals surface area (Å²) in [6.45, 7) is 4.99. The number of ether oxygens (including phenoxy) is 2. The van der Waals surface area contributed by atoms with E-state index in [4.69, 9.17) is 9.47 Å². The number of rotatable bonds is 10. The summed E-state index contributed by atoms with van der Waals surface area (Å²) in [6.07, 6.45) is 0. The SMILES string of the molecule is COc1ccc(CN(C)C(C)C)cc1-c1cc(Oc2ccccc2)nc(NS(=O)(=O)c2ccccc2)n1. The predicted molar refractivity (Wildman–Crippen MR) is 144 cm³/mol. The Hall–Kier alpha value is -3.95. The lowest BCUT2D eigenvalue weighted by Gasteiger charge is -2.21. The van der Waals surface area contributed by atoms with Crippen molar-refractivity contribution in [2.45, 2.75) is 31.3 Å². The van der Waals surface area contributed by atoms with Gasteiger partial charge in [0.05, 0.1) is 17.7 Å². The first kappa shape index (κ1) is 26.1. The van der Waals surface area contributed by atoms with Crippen LogP contribution in [0, 0.1) is 0 Å². The van der Waals surface area contributed by atoms with Crippen LogP contribution in [0.5, 0.6) is 17.4 Å². The van der Waals surface area contributed by atoms with Crippen LogP contribution in [-0.4, -0.2) is 43.5 Å². The number of sulfonamides is 1. The summed E-state index contributed by atoms with van der Waals surface area (Å²) in [6, 6.07) is 25.1. The molecule has 0 amide bonds. The second kappa shape index (κ2) is 11.4. The minimum absolute atomic E-state index is 0.103. The van der Waals surface area contributed by atoms with Crippen LogP contribution in [0.1, 0.15) is 19.4 Å². The van der Waals surface area contributed by atoms with Gasteiger partial charge in [0.2, 0.25) is 11.8 Å². The van der Waals surface area contributed by atoms with Gasteiger partial charge in [-0.25, -0.2) is 18.1 Å². The minimum atomic E-state index is -3.92. The summed E-state index contributed by atoms with van der Waals surface area (Å²) in [5, 5.41) is 0. The first-order chi connectivity index (χ1) is 17.7. The third kappa shape index (κ3) is 6.63. The number of benzene rings is 3. The van der Waals surface area contributed by atoms with Crippen LogP contribution >= 0.6 is 0 Å². The van der Waals surface area contributed by atoms with Gasteiger partial charge in [0.15, 0.2) is 0 Å². The summed E-state index contributed by atoms with van der Waals surface area (Å²) in [4.78, 5) is 11.2. The maximum atomic E-state index is 13.0. The monoisotopic (exact) mass is 518 g/mol. The molecule has 0 aliphatic carbocycles. The molecule has 192 valence electrons. The maximum Gasteiger partial charge on any atom is 0.264 e. The van der Waals surface area contributed by atoms with E-state index < -0.39 is 10.0 Å². The molecular weight excluding hydrogens is 488 g/mol. The third-order valence-corrected chi connectivity index (χ3v) is 7.14. The molecule has 0 spiro atoms. The highest BCUT2D eigenvalue weighted by Crippen LogP contribution is 2.34. The number of aromatic nitrogens is 2. The van der Waals surface area contributed by atoms with E-state index in [9.17, 15) is 8.42 Å². The van der Waals surface area contributed by atoms with Crippen LogP contribution in [0.15, 0.2) is 89.8 Å². The van der Waals surface area contributed by atoms with Crippen LogP contribution in [-0.2, 0) is 16.6 Å². The first-order valence-electron chi connectivity index (χ1n) is 11.8. The van der Waals surface area contributed by atoms with Crippen molar-refractivity contribution in [3.05, 3.63) is 90.5 Å². The van der Waals surface area contributed by atoms with Crippen LogP contribution in [0.2, 0.25) is 0 Å². The normalized spacial score (nSPS) is 11.5. The number of methoxy groups -OCH3 is 1. The Morgan fingerprint density at radius 1 is 0.919 bits per heavy atom. The van der Waals surface area contributed by atoms with Gasteiger partial charge in [0, 0.05) is 24.2 Å². The average Bonchev–Trinajstić information content (AvgIpc) is 2.89. The lowest BCUT2D eigenvalue weighted by atomic mass is 10.1. The number of hydrogen-bond acceptors (Lipinski definition) is 7. The van der Waals surface area contributed by atoms with E-state index >= 15 is 0 Å². The molecule has 4 rings (SSSR count). The van der Waals surface area contributed by atoms with Gasteiger partial charge in [-0.1, -0.05) is 42.5 Å². The van der Waals surface area contributed by atoms with Crippen molar-refractivity contribution in [1.82, 2.24) is 14.9 Å². The summed E-state index contributed by atoms with van der Waals surface area (Å²) >= 11 is 0. The highest BCUT2D eigenvalue weighted by atomic mass is 32.2. The molecular formula is C28H30N4O4S. The number of nitrogens with one attached hydrogen (secondary N) is 1. The quantitative estimate of drug-likeness (QED) is 0.293. The van der Waals surface area contributed by atoms with E-state index in [1.807, 2.05) is 36.4 Å². The summed E-state index contributed by atoms with van der Waals surface area (Å²) in [7, 11) is -0.279. The van der Waals surface area contributed by atoms with E-state index in [0.29, 0.717) is 28.8 Å². The molecule has 0 saturated carbocycles. The van der Waals surface area contributed by atoms with Gasteiger partial charge >= 0.3 is 0 Å². The fourth-order valence-electron chi connectivity index (χ4n) is 3.57. The molecule has 0 radical (unpaired) electrons. The molecule has 0 fully saturated rings. The van der Waals surface area contributed by atoms with Gasteiger partial charge in [-0.2, -0.15) is 4.98 Å². The van der Waals surface area contributed by atoms with Crippen molar-refractivity contribution in [3.63, 3.8) is 0 Å². The van der Waals surface area contributed by atoms with Crippen molar-refractivity contribution in [2.24, 2.45) is 0 Å². The first-order valence-corrected chi connectivity index (χ1v) is 13.3. The minimum Gasteiger partial charge on any atom is -0.496 e. The van der Waals surface area contributed by atoms with Crippen LogP contribution in [0.3, 0.4) is 0 Å². The number of para-hydroxylation sites is 1. The molecule has 0 aliphatic rings. The largest absolute Gasteiger partial charge is 0.496 e. The predicted octanol–water partition coefficient (Wildman–Crippen LogP) is 5.59. The highest BCUT2D eigenvalue weighted by Gasteiger charge is 2.19. The van der Waals surface area contributed by atoms with Crippen LogP contribution < -0.4 is 14.2 Å². The van der Waals surface area contributed by atoms with E-state index in [1.165, 1.54) is 12.1 Å². The van der Waals surface area contributed by atoms with Crippen molar-refractivity contribution in [2.75, 3.05) is 18.9 Å². The molecule has 3 aromatic carbocycles. The third-order valence-electron chi connectivity index (χ3n) is 5.80. The molecule has 0 unspecified atom stereocenters. The standard InChI is InChI=1S/C28H30N4O4S/c1-20(2)32(3)19-21-15-16-26(35-4)24(17-21)25-18-27(36-22-11-7-5-8-12-22)30-28(29-25)31-37(33,34)23-13-9-6-10-14-23/h5-18,20H,19H2,1-4H3,(H,29,30,31). The summed E-state index contributed by atoms with van der Waals surface area (Å²) in [5.74, 6) is 1.23. The van der Waals surface area contributed by atoms with Crippen LogP contribution in [0.4, 0.5) is 5.95 Å². The smallest absolute Gasteiger partial charge is 0.264 e. The molecule has 4 aromatic rings. The summed E-state index contributed by atoms with van der Waals surface area (Å²) < 4.78 is 40.1. The van der Waals surface area contributed by atoms with Crippen molar-refractivity contribution >= 4 is 16.0 Å². The summed E-state index contributed by atoms with van der Waals surface area (Å²) in [5.41, 5.74) is 2.21. The lowest BCUT2D eigenvalue weighted by molar-refractivity contribution is 0.266. The van der Waals surface area contributed by atoms with Crippen LogP contribution in [0.25, 0.3) is 11.3 Å². The molecule has 9 heteroatoms. The molecule has 0 bridgehead atoms. The number of nitrogens with zero attached hydrogens (tertiary/aromatic N) is 3. The Morgan fingerprint density at radius 3 is 2.24 bits per heavy atom. The van der Waals surface area contributed by atoms with Crippen molar-refractivity contribution in [3.8, 4) is 28.6 Å². The molecule has 0 aliphatic heterocycles. The molecule has 0 atom stereocenters. The fourth-order valence-corrected chi connectivity index (χ4v) is 4.54. The molecule has 1 heterocycles. The van der Waals surface area contributed by atoms with Gasteiger partial charge in [0.1, 0.15) is 11.5 Å². The van der Waals surface area contributed by atoms with Gasteiger partial charge < -0.3 is 9.47 Å². The maximum absolute atomic E-state index is 13.0. The Bertz CT molecular complexity index is 1450.